The molecule has 1 saturated heterocycles. The van der Waals surface area contributed by atoms with Crippen LogP contribution in [0.3, 0.4) is 0 Å². The predicted octanol–water partition coefficient (Wildman–Crippen LogP) is 3.70. The molecule has 0 radical (unpaired) electrons. The molecule has 0 unspecified atom stereocenters. The van der Waals surface area contributed by atoms with Gasteiger partial charge in [0.1, 0.15) is 0 Å². The Hall–Kier alpha value is -2.16. The molecule has 6 nitrogen and oxygen atoms in total. The van der Waals surface area contributed by atoms with Crippen LogP contribution in [0.5, 0.6) is 0 Å². The minimum absolute atomic E-state index is 0.191. The minimum atomic E-state index is 0.191. The molecular formula is C22H25N5OS2. The third kappa shape index (κ3) is 4.77. The Morgan fingerprint density at radius 2 is 1.87 bits per heavy atom. The summed E-state index contributed by atoms with van der Waals surface area (Å²) in [5.74, 6) is 0.623. The summed E-state index contributed by atoms with van der Waals surface area (Å²) in [6.45, 7) is 4.32. The zero-order valence-electron chi connectivity index (χ0n) is 16.8. The molecule has 8 heteroatoms. The molecule has 0 atom stereocenters. The van der Waals surface area contributed by atoms with Gasteiger partial charge in [-0.25, -0.2) is 0 Å². The highest BCUT2D eigenvalue weighted by Crippen LogP contribution is 2.30. The molecule has 2 aromatic carbocycles. The number of hydrogen-bond donors (Lipinski definition) is 1. The third-order valence-electron chi connectivity index (χ3n) is 5.63. The highest BCUT2D eigenvalue weighted by Gasteiger charge is 2.24. The molecule has 1 N–H and O–H groups in total. The van der Waals surface area contributed by atoms with Gasteiger partial charge < -0.3 is 10.2 Å². The van der Waals surface area contributed by atoms with Gasteiger partial charge in [0.15, 0.2) is 4.34 Å². The van der Waals surface area contributed by atoms with E-state index in [0.717, 1.165) is 42.2 Å². The Bertz CT molecular complexity index is 1020. The van der Waals surface area contributed by atoms with Crippen molar-refractivity contribution < 1.29 is 4.79 Å². The van der Waals surface area contributed by atoms with Crippen LogP contribution in [0.15, 0.2) is 46.8 Å². The van der Waals surface area contributed by atoms with Crippen LogP contribution in [-0.4, -0.2) is 63.9 Å². The smallest absolute Gasteiger partial charge is 0.233 e. The molecule has 5 rings (SSSR count). The average Bonchev–Trinajstić information content (AvgIpc) is 3.48. The summed E-state index contributed by atoms with van der Waals surface area (Å²) in [7, 11) is 0. The van der Waals surface area contributed by atoms with Gasteiger partial charge in [-0.2, -0.15) is 0 Å². The van der Waals surface area contributed by atoms with E-state index in [1.54, 1.807) is 11.3 Å². The largest absolute Gasteiger partial charge is 0.357 e. The number of nitrogens with zero attached hydrogens (tertiary/aromatic N) is 4. The van der Waals surface area contributed by atoms with Crippen LogP contribution in [0.1, 0.15) is 18.4 Å². The molecule has 2 heterocycles. The molecule has 30 heavy (non-hydrogen) atoms. The highest BCUT2D eigenvalue weighted by molar-refractivity contribution is 8.01. The molecule has 3 aromatic rings. The number of thioether (sulfide) groups is 1. The molecule has 0 spiro atoms. The lowest BCUT2D eigenvalue weighted by atomic mass is 10.0. The van der Waals surface area contributed by atoms with Crippen LogP contribution in [0.25, 0.3) is 10.8 Å². The fourth-order valence-corrected chi connectivity index (χ4v) is 5.50. The van der Waals surface area contributed by atoms with Crippen LogP contribution < -0.4 is 5.32 Å². The molecule has 156 valence electrons. The van der Waals surface area contributed by atoms with Crippen molar-refractivity contribution in [3.63, 3.8) is 0 Å². The van der Waals surface area contributed by atoms with Crippen LogP contribution in [0, 0.1) is 0 Å². The van der Waals surface area contributed by atoms with Crippen molar-refractivity contribution in [1.82, 2.24) is 20.0 Å². The van der Waals surface area contributed by atoms with Crippen LogP contribution in [-0.2, 0) is 11.3 Å². The van der Waals surface area contributed by atoms with Gasteiger partial charge in [0.25, 0.3) is 0 Å². The number of nitrogens with one attached hydrogen (secondary N) is 1. The van der Waals surface area contributed by atoms with E-state index in [1.807, 2.05) is 4.90 Å². The Labute approximate surface area is 184 Å². The van der Waals surface area contributed by atoms with Gasteiger partial charge in [-0.1, -0.05) is 65.6 Å². The van der Waals surface area contributed by atoms with E-state index in [0.29, 0.717) is 11.8 Å². The second kappa shape index (κ2) is 8.91. The van der Waals surface area contributed by atoms with Crippen molar-refractivity contribution in [3.8, 4) is 0 Å². The number of piperazine rings is 1. The summed E-state index contributed by atoms with van der Waals surface area (Å²) in [5, 5.41) is 15.2. The first-order chi connectivity index (χ1) is 14.7. The van der Waals surface area contributed by atoms with E-state index in [-0.39, 0.29) is 5.91 Å². The molecule has 1 amide bonds. The van der Waals surface area contributed by atoms with Gasteiger partial charge in [-0.15, -0.1) is 10.2 Å². The van der Waals surface area contributed by atoms with Crippen LogP contribution in [0.2, 0.25) is 0 Å². The van der Waals surface area contributed by atoms with E-state index in [2.05, 4.69) is 62.9 Å². The first-order valence-electron chi connectivity index (χ1n) is 10.4. The number of fused-ring (bicyclic) bond motifs is 1. The van der Waals surface area contributed by atoms with Crippen molar-refractivity contribution in [1.29, 1.82) is 0 Å². The fraction of sp³-hybridized carbons (Fsp3) is 0.409. The number of amides is 1. The van der Waals surface area contributed by atoms with Gasteiger partial charge in [-0.3, -0.25) is 9.69 Å². The Balaban J connectivity index is 1.10. The fourth-order valence-electron chi connectivity index (χ4n) is 3.77. The van der Waals surface area contributed by atoms with E-state index >= 15 is 0 Å². The zero-order chi connectivity index (χ0) is 20.3. The van der Waals surface area contributed by atoms with E-state index in [9.17, 15) is 4.79 Å². The Morgan fingerprint density at radius 3 is 2.70 bits per heavy atom. The number of rotatable bonds is 7. The minimum Gasteiger partial charge on any atom is -0.357 e. The van der Waals surface area contributed by atoms with Crippen molar-refractivity contribution in [2.24, 2.45) is 0 Å². The molecule has 1 aromatic heterocycles. The highest BCUT2D eigenvalue weighted by atomic mass is 32.2. The molecule has 1 aliphatic heterocycles. The van der Waals surface area contributed by atoms with E-state index in [4.69, 9.17) is 0 Å². The molecule has 1 aliphatic carbocycles. The van der Waals surface area contributed by atoms with Crippen molar-refractivity contribution in [2.75, 3.05) is 37.2 Å². The SMILES string of the molecule is O=C(CSc1nnc(NC2CC2)s1)N1CCN(Cc2cccc3ccccc23)CC1. The monoisotopic (exact) mass is 439 g/mol. The summed E-state index contributed by atoms with van der Waals surface area (Å²) in [6.07, 6.45) is 2.43. The second-order valence-electron chi connectivity index (χ2n) is 7.88. The van der Waals surface area contributed by atoms with Crippen LogP contribution >= 0.6 is 23.1 Å². The average molecular weight is 440 g/mol. The molecule has 1 saturated carbocycles. The van der Waals surface area contributed by atoms with Gasteiger partial charge >= 0.3 is 0 Å². The standard InChI is InChI=1S/C22H25N5OS2/c28-20(15-29-22-25-24-21(30-22)23-18-8-9-18)27-12-10-26(11-13-27)14-17-6-3-5-16-4-1-2-7-19(16)17/h1-7,18H,8-15H2,(H,23,24). The summed E-state index contributed by atoms with van der Waals surface area (Å²) >= 11 is 3.04. The summed E-state index contributed by atoms with van der Waals surface area (Å²) in [4.78, 5) is 17.1. The summed E-state index contributed by atoms with van der Waals surface area (Å²) in [5.41, 5.74) is 1.36. The maximum atomic E-state index is 12.6. The molecule has 2 aliphatic rings. The number of benzene rings is 2. The number of carbonyl (C=O) groups excluding carboxylic acids is 1. The second-order valence-corrected chi connectivity index (χ2v) is 10.1. The number of carbonyl (C=O) groups is 1. The Morgan fingerprint density at radius 1 is 1.07 bits per heavy atom. The first-order valence-corrected chi connectivity index (χ1v) is 12.2. The lowest BCUT2D eigenvalue weighted by molar-refractivity contribution is -0.130. The maximum Gasteiger partial charge on any atom is 0.233 e. The van der Waals surface area contributed by atoms with Gasteiger partial charge in [0, 0.05) is 38.8 Å². The predicted molar refractivity (Wildman–Crippen MR) is 123 cm³/mol. The Kier molecular flexibility index (Phi) is 5.88. The van der Waals surface area contributed by atoms with Gasteiger partial charge in [0.2, 0.25) is 11.0 Å². The number of anilines is 1. The molecule has 0 bridgehead atoms. The van der Waals surface area contributed by atoms with Crippen molar-refractivity contribution in [3.05, 3.63) is 48.0 Å². The quantitative estimate of drug-likeness (QED) is 0.567. The normalized spacial score (nSPS) is 17.4. The van der Waals surface area contributed by atoms with Crippen molar-refractivity contribution in [2.45, 2.75) is 29.8 Å². The summed E-state index contributed by atoms with van der Waals surface area (Å²) < 4.78 is 0.862. The zero-order valence-corrected chi connectivity index (χ0v) is 18.4. The number of hydrogen-bond acceptors (Lipinski definition) is 7. The van der Waals surface area contributed by atoms with Crippen molar-refractivity contribution >= 4 is 44.9 Å². The number of aromatic nitrogens is 2. The van der Waals surface area contributed by atoms with Crippen LogP contribution in [0.4, 0.5) is 5.13 Å². The third-order valence-corrected chi connectivity index (χ3v) is 7.60. The molecule has 2 fully saturated rings. The summed E-state index contributed by atoms with van der Waals surface area (Å²) in [6, 6.07) is 15.6. The van der Waals surface area contributed by atoms with Gasteiger partial charge in [-0.05, 0) is 29.2 Å². The van der Waals surface area contributed by atoms with E-state index in [1.165, 1.54) is 40.9 Å². The topological polar surface area (TPSA) is 61.4 Å². The first kappa shape index (κ1) is 19.8. The molecular weight excluding hydrogens is 414 g/mol. The van der Waals surface area contributed by atoms with Gasteiger partial charge in [0.05, 0.1) is 5.75 Å². The maximum absolute atomic E-state index is 12.6. The lowest BCUT2D eigenvalue weighted by Crippen LogP contribution is -2.48. The lowest BCUT2D eigenvalue weighted by Gasteiger charge is -2.34. The van der Waals surface area contributed by atoms with E-state index < -0.39 is 0 Å².